The molecule has 136 valence electrons. The van der Waals surface area contributed by atoms with Crippen molar-refractivity contribution in [2.75, 3.05) is 39.3 Å². The SMILES string of the molecule is CCOc1ccc(CCNC(=O)N2C[C@H]3CN(C(C)=O)C[C@H]3C2)cc1. The minimum atomic E-state index is 0.00899. The van der Waals surface area contributed by atoms with Crippen molar-refractivity contribution in [3.05, 3.63) is 29.8 Å². The van der Waals surface area contributed by atoms with Gasteiger partial charge in [0.2, 0.25) is 5.91 Å². The van der Waals surface area contributed by atoms with Gasteiger partial charge in [-0.05, 0) is 31.0 Å². The van der Waals surface area contributed by atoms with E-state index in [-0.39, 0.29) is 11.9 Å². The molecule has 0 bridgehead atoms. The fourth-order valence-corrected chi connectivity index (χ4v) is 3.76. The number of urea groups is 1. The van der Waals surface area contributed by atoms with Gasteiger partial charge in [-0.25, -0.2) is 4.79 Å². The van der Waals surface area contributed by atoms with Crippen LogP contribution in [0.4, 0.5) is 4.79 Å². The monoisotopic (exact) mass is 345 g/mol. The average Bonchev–Trinajstić information content (AvgIpc) is 3.15. The fraction of sp³-hybridized carbons (Fsp3) is 0.579. The van der Waals surface area contributed by atoms with Crippen molar-refractivity contribution in [3.63, 3.8) is 0 Å². The van der Waals surface area contributed by atoms with Crippen LogP contribution in [0.2, 0.25) is 0 Å². The number of hydrogen-bond donors (Lipinski definition) is 1. The summed E-state index contributed by atoms with van der Waals surface area (Å²) in [5, 5.41) is 3.01. The first kappa shape index (κ1) is 17.6. The second-order valence-corrected chi connectivity index (χ2v) is 6.91. The zero-order chi connectivity index (χ0) is 17.8. The summed E-state index contributed by atoms with van der Waals surface area (Å²) in [7, 11) is 0. The van der Waals surface area contributed by atoms with Crippen molar-refractivity contribution in [1.82, 2.24) is 15.1 Å². The summed E-state index contributed by atoms with van der Waals surface area (Å²) in [6.45, 7) is 7.95. The highest BCUT2D eigenvalue weighted by molar-refractivity contribution is 5.75. The van der Waals surface area contributed by atoms with Crippen LogP contribution in [0.15, 0.2) is 24.3 Å². The number of hydrogen-bond acceptors (Lipinski definition) is 3. The summed E-state index contributed by atoms with van der Waals surface area (Å²) in [4.78, 5) is 27.6. The van der Waals surface area contributed by atoms with Gasteiger partial charge < -0.3 is 19.9 Å². The van der Waals surface area contributed by atoms with Gasteiger partial charge in [0.25, 0.3) is 0 Å². The molecule has 2 aliphatic heterocycles. The third-order valence-corrected chi connectivity index (χ3v) is 5.14. The van der Waals surface area contributed by atoms with Gasteiger partial charge in [0, 0.05) is 51.5 Å². The predicted octanol–water partition coefficient (Wildman–Crippen LogP) is 1.75. The highest BCUT2D eigenvalue weighted by atomic mass is 16.5. The van der Waals surface area contributed by atoms with Crippen molar-refractivity contribution in [3.8, 4) is 5.75 Å². The molecule has 2 saturated heterocycles. The van der Waals surface area contributed by atoms with Gasteiger partial charge in [-0.2, -0.15) is 0 Å². The standard InChI is InChI=1S/C19H27N3O3/c1-3-25-18-6-4-15(5-7-18)8-9-20-19(24)22-12-16-10-21(14(2)23)11-17(16)13-22/h4-7,16-17H,3,8-13H2,1-2H3,(H,20,24)/t16-,17+. The molecule has 0 aliphatic carbocycles. The third kappa shape index (κ3) is 4.24. The maximum Gasteiger partial charge on any atom is 0.317 e. The van der Waals surface area contributed by atoms with Crippen LogP contribution in [0.25, 0.3) is 0 Å². The van der Waals surface area contributed by atoms with Gasteiger partial charge in [0.15, 0.2) is 0 Å². The summed E-state index contributed by atoms with van der Waals surface area (Å²) in [5.74, 6) is 1.88. The molecule has 2 fully saturated rings. The number of nitrogens with one attached hydrogen (secondary N) is 1. The summed E-state index contributed by atoms with van der Waals surface area (Å²) >= 11 is 0. The smallest absolute Gasteiger partial charge is 0.317 e. The summed E-state index contributed by atoms with van der Waals surface area (Å²) in [5.41, 5.74) is 1.18. The molecule has 25 heavy (non-hydrogen) atoms. The Morgan fingerprint density at radius 2 is 1.68 bits per heavy atom. The van der Waals surface area contributed by atoms with Crippen molar-refractivity contribution in [1.29, 1.82) is 0 Å². The first-order valence-electron chi connectivity index (χ1n) is 9.07. The van der Waals surface area contributed by atoms with E-state index in [0.717, 1.165) is 38.3 Å². The highest BCUT2D eigenvalue weighted by Gasteiger charge is 2.42. The Morgan fingerprint density at radius 1 is 1.08 bits per heavy atom. The Labute approximate surface area is 149 Å². The lowest BCUT2D eigenvalue weighted by molar-refractivity contribution is -0.128. The summed E-state index contributed by atoms with van der Waals surface area (Å²) in [6.07, 6.45) is 0.803. The van der Waals surface area contributed by atoms with Crippen LogP contribution < -0.4 is 10.1 Å². The number of likely N-dealkylation sites (tertiary alicyclic amines) is 2. The fourth-order valence-electron chi connectivity index (χ4n) is 3.76. The number of carbonyl (C=O) groups excluding carboxylic acids is 2. The van der Waals surface area contributed by atoms with E-state index in [0.29, 0.717) is 25.0 Å². The van der Waals surface area contributed by atoms with E-state index in [9.17, 15) is 9.59 Å². The van der Waals surface area contributed by atoms with Crippen LogP contribution in [0.3, 0.4) is 0 Å². The van der Waals surface area contributed by atoms with E-state index in [1.54, 1.807) is 6.92 Å². The largest absolute Gasteiger partial charge is 0.494 e. The van der Waals surface area contributed by atoms with Gasteiger partial charge in [0.05, 0.1) is 6.61 Å². The average molecular weight is 345 g/mol. The molecule has 0 unspecified atom stereocenters. The number of amides is 3. The van der Waals surface area contributed by atoms with Crippen LogP contribution in [0, 0.1) is 11.8 Å². The molecule has 0 radical (unpaired) electrons. The van der Waals surface area contributed by atoms with E-state index < -0.39 is 0 Å². The quantitative estimate of drug-likeness (QED) is 0.884. The molecule has 1 aromatic rings. The third-order valence-electron chi connectivity index (χ3n) is 5.14. The lowest BCUT2D eigenvalue weighted by Crippen LogP contribution is -2.41. The van der Waals surface area contributed by atoms with Crippen molar-refractivity contribution < 1.29 is 14.3 Å². The Balaban J connectivity index is 1.40. The zero-order valence-corrected chi connectivity index (χ0v) is 15.0. The minimum Gasteiger partial charge on any atom is -0.494 e. The molecule has 2 heterocycles. The number of fused-ring (bicyclic) bond motifs is 1. The maximum absolute atomic E-state index is 12.3. The molecule has 6 nitrogen and oxygen atoms in total. The summed E-state index contributed by atoms with van der Waals surface area (Å²) in [6, 6.07) is 8.00. The normalized spacial score (nSPS) is 22.0. The molecule has 3 rings (SSSR count). The van der Waals surface area contributed by atoms with Crippen LogP contribution in [-0.4, -0.2) is 61.1 Å². The van der Waals surface area contributed by atoms with Gasteiger partial charge in [0.1, 0.15) is 5.75 Å². The van der Waals surface area contributed by atoms with E-state index in [4.69, 9.17) is 4.74 Å². The molecule has 1 N–H and O–H groups in total. The molecular formula is C19H27N3O3. The van der Waals surface area contributed by atoms with E-state index in [1.807, 2.05) is 41.0 Å². The molecule has 2 atom stereocenters. The van der Waals surface area contributed by atoms with E-state index in [1.165, 1.54) is 5.56 Å². The lowest BCUT2D eigenvalue weighted by atomic mass is 10.0. The van der Waals surface area contributed by atoms with Gasteiger partial charge >= 0.3 is 6.03 Å². The molecule has 0 aromatic heterocycles. The number of ether oxygens (including phenoxy) is 1. The molecule has 2 aliphatic rings. The Bertz CT molecular complexity index is 603. The predicted molar refractivity (Wildman–Crippen MR) is 95.5 cm³/mol. The Morgan fingerprint density at radius 3 is 2.24 bits per heavy atom. The van der Waals surface area contributed by atoms with Crippen molar-refractivity contribution in [2.24, 2.45) is 11.8 Å². The molecule has 1 aromatic carbocycles. The van der Waals surface area contributed by atoms with Gasteiger partial charge in [-0.1, -0.05) is 12.1 Å². The number of carbonyl (C=O) groups is 2. The molecular weight excluding hydrogens is 318 g/mol. The second-order valence-electron chi connectivity index (χ2n) is 6.91. The maximum atomic E-state index is 12.3. The number of rotatable bonds is 5. The molecule has 3 amide bonds. The minimum absolute atomic E-state index is 0.00899. The van der Waals surface area contributed by atoms with E-state index in [2.05, 4.69) is 5.32 Å². The number of nitrogens with zero attached hydrogens (tertiary/aromatic N) is 2. The molecule has 0 saturated carbocycles. The van der Waals surface area contributed by atoms with Crippen LogP contribution in [0.1, 0.15) is 19.4 Å². The Kier molecular flexibility index (Phi) is 5.46. The van der Waals surface area contributed by atoms with Crippen LogP contribution in [-0.2, 0) is 11.2 Å². The van der Waals surface area contributed by atoms with Crippen LogP contribution >= 0.6 is 0 Å². The van der Waals surface area contributed by atoms with E-state index >= 15 is 0 Å². The Hall–Kier alpha value is -2.24. The highest BCUT2D eigenvalue weighted by Crippen LogP contribution is 2.30. The first-order chi connectivity index (χ1) is 12.1. The van der Waals surface area contributed by atoms with Gasteiger partial charge in [-0.3, -0.25) is 4.79 Å². The zero-order valence-electron chi connectivity index (χ0n) is 15.0. The van der Waals surface area contributed by atoms with Crippen LogP contribution in [0.5, 0.6) is 5.75 Å². The van der Waals surface area contributed by atoms with Gasteiger partial charge in [-0.15, -0.1) is 0 Å². The van der Waals surface area contributed by atoms with Crippen molar-refractivity contribution >= 4 is 11.9 Å². The second kappa shape index (κ2) is 7.76. The molecule has 6 heteroatoms. The lowest BCUT2D eigenvalue weighted by Gasteiger charge is -2.21. The number of benzene rings is 1. The topological polar surface area (TPSA) is 61.9 Å². The van der Waals surface area contributed by atoms with Crippen molar-refractivity contribution in [2.45, 2.75) is 20.3 Å². The molecule has 0 spiro atoms. The summed E-state index contributed by atoms with van der Waals surface area (Å²) < 4.78 is 5.43. The first-order valence-corrected chi connectivity index (χ1v) is 9.07.